The van der Waals surface area contributed by atoms with E-state index in [1.807, 2.05) is 45.0 Å². The van der Waals surface area contributed by atoms with E-state index < -0.39 is 41.6 Å². The number of methoxy groups -OCH3 is 1. The Morgan fingerprint density at radius 3 is 2.33 bits per heavy atom. The molecule has 0 fully saturated rings. The van der Waals surface area contributed by atoms with Crippen molar-refractivity contribution in [1.82, 2.24) is 9.13 Å². The minimum Gasteiger partial charge on any atom is -0.496 e. The Kier molecular flexibility index (Phi) is 8.37. The van der Waals surface area contributed by atoms with Crippen molar-refractivity contribution in [2.45, 2.75) is 46.7 Å². The zero-order valence-electron chi connectivity index (χ0n) is 23.2. The van der Waals surface area contributed by atoms with Crippen LogP contribution in [0.5, 0.6) is 5.75 Å². The number of aliphatic imine (C=N–C) groups is 1. The van der Waals surface area contributed by atoms with Crippen LogP contribution in [0.1, 0.15) is 48.9 Å². The maximum Gasteiger partial charge on any atom is 0.333 e. The van der Waals surface area contributed by atoms with Crippen molar-refractivity contribution in [1.29, 1.82) is 0 Å². The van der Waals surface area contributed by atoms with Gasteiger partial charge in [-0.3, -0.25) is 19.0 Å². The molecule has 40 heavy (non-hydrogen) atoms. The summed E-state index contributed by atoms with van der Waals surface area (Å²) in [4.78, 5) is 57.8. The predicted octanol–water partition coefficient (Wildman–Crippen LogP) is 3.51. The fraction of sp³-hybridized carbons (Fsp3) is 0.367. The minimum atomic E-state index is -1.35. The highest BCUT2D eigenvalue weighted by atomic mass is 16.5. The molecule has 0 aliphatic carbocycles. The number of aromatic nitrogens is 2. The fourth-order valence-electron chi connectivity index (χ4n) is 5.16. The highest BCUT2D eigenvalue weighted by Crippen LogP contribution is 2.42. The zero-order chi connectivity index (χ0) is 29.1. The first kappa shape index (κ1) is 28.5. The van der Waals surface area contributed by atoms with Gasteiger partial charge in [0.25, 0.3) is 5.56 Å². The summed E-state index contributed by atoms with van der Waals surface area (Å²) < 4.78 is 12.9. The average Bonchev–Trinajstić information content (AvgIpc) is 2.92. The predicted molar refractivity (Wildman–Crippen MR) is 150 cm³/mol. The number of aliphatic carboxylic acids is 1. The maximum atomic E-state index is 14.0. The summed E-state index contributed by atoms with van der Waals surface area (Å²) in [6, 6.07) is 14.5. The molecule has 0 amide bonds. The number of ether oxygens (including phenoxy) is 2. The van der Waals surface area contributed by atoms with Crippen molar-refractivity contribution in [2.24, 2.45) is 16.8 Å². The number of aryl methyl sites for hydroxylation is 1. The highest BCUT2D eigenvalue weighted by molar-refractivity contribution is 6.07. The molecule has 2 unspecified atom stereocenters. The van der Waals surface area contributed by atoms with Crippen LogP contribution in [-0.4, -0.2) is 45.6 Å². The van der Waals surface area contributed by atoms with Crippen LogP contribution in [0.4, 0.5) is 5.82 Å². The molecule has 2 heterocycles. The van der Waals surface area contributed by atoms with E-state index in [-0.39, 0.29) is 30.5 Å². The van der Waals surface area contributed by atoms with E-state index in [1.165, 1.54) is 11.7 Å². The Morgan fingerprint density at radius 1 is 1.05 bits per heavy atom. The largest absolute Gasteiger partial charge is 0.496 e. The fourth-order valence-corrected chi connectivity index (χ4v) is 5.16. The highest BCUT2D eigenvalue weighted by Gasteiger charge is 2.44. The van der Waals surface area contributed by atoms with Gasteiger partial charge < -0.3 is 14.6 Å². The number of carboxylic acids is 1. The van der Waals surface area contributed by atoms with Gasteiger partial charge in [0.15, 0.2) is 0 Å². The lowest BCUT2D eigenvalue weighted by molar-refractivity contribution is -0.146. The van der Waals surface area contributed by atoms with Gasteiger partial charge in [0.1, 0.15) is 24.0 Å². The van der Waals surface area contributed by atoms with Crippen LogP contribution < -0.4 is 16.0 Å². The Balaban J connectivity index is 2.13. The summed E-state index contributed by atoms with van der Waals surface area (Å²) in [6.07, 6.45) is 0. The summed E-state index contributed by atoms with van der Waals surface area (Å²) >= 11 is 0. The van der Waals surface area contributed by atoms with Gasteiger partial charge in [-0.05, 0) is 31.4 Å². The van der Waals surface area contributed by atoms with E-state index in [0.717, 1.165) is 5.56 Å². The van der Waals surface area contributed by atoms with Gasteiger partial charge >= 0.3 is 17.6 Å². The molecule has 210 valence electrons. The van der Waals surface area contributed by atoms with E-state index in [1.54, 1.807) is 31.2 Å². The zero-order valence-corrected chi connectivity index (χ0v) is 23.2. The SMILES string of the molecule is CCOC(=O)C1C(C(C)C)=Nc2c(c(=O)n(CC(=O)O)c(=O)n2Cc2ccccc2OC)C1c1ccc(C)cc1. The van der Waals surface area contributed by atoms with Crippen molar-refractivity contribution < 1.29 is 24.2 Å². The van der Waals surface area contributed by atoms with Crippen LogP contribution >= 0.6 is 0 Å². The van der Waals surface area contributed by atoms with Crippen molar-refractivity contribution in [3.63, 3.8) is 0 Å². The van der Waals surface area contributed by atoms with Crippen LogP contribution in [0, 0.1) is 18.8 Å². The second-order valence-corrected chi connectivity index (χ2v) is 10.0. The van der Waals surface area contributed by atoms with Gasteiger partial charge in [0.05, 0.1) is 25.8 Å². The first-order valence-corrected chi connectivity index (χ1v) is 13.1. The maximum absolute atomic E-state index is 14.0. The molecule has 0 bridgehead atoms. The Hall–Kier alpha value is -4.47. The summed E-state index contributed by atoms with van der Waals surface area (Å²) in [5.41, 5.74) is 1.19. The van der Waals surface area contributed by atoms with Crippen molar-refractivity contribution in [2.75, 3.05) is 13.7 Å². The number of fused-ring (bicyclic) bond motifs is 1. The second-order valence-electron chi connectivity index (χ2n) is 10.0. The molecule has 1 aliphatic heterocycles. The number of hydrogen-bond donors (Lipinski definition) is 1. The van der Waals surface area contributed by atoms with Gasteiger partial charge in [-0.2, -0.15) is 0 Å². The molecule has 1 aliphatic rings. The first-order chi connectivity index (χ1) is 19.1. The number of rotatable bonds is 9. The number of carbonyl (C=O) groups excluding carboxylic acids is 1. The van der Waals surface area contributed by atoms with E-state index in [0.29, 0.717) is 27.2 Å². The molecule has 2 aromatic carbocycles. The molecule has 1 aromatic heterocycles. The molecule has 4 rings (SSSR count). The van der Waals surface area contributed by atoms with Crippen LogP contribution in [-0.2, 0) is 27.4 Å². The smallest absolute Gasteiger partial charge is 0.333 e. The van der Waals surface area contributed by atoms with Crippen LogP contribution in [0.3, 0.4) is 0 Å². The Morgan fingerprint density at radius 2 is 1.73 bits per heavy atom. The summed E-state index contributed by atoms with van der Waals surface area (Å²) in [7, 11) is 1.51. The van der Waals surface area contributed by atoms with Crippen LogP contribution in [0.25, 0.3) is 0 Å². The quantitative estimate of drug-likeness (QED) is 0.406. The van der Waals surface area contributed by atoms with Crippen LogP contribution in [0.2, 0.25) is 0 Å². The molecule has 1 N–H and O–H groups in total. The third-order valence-electron chi connectivity index (χ3n) is 7.01. The number of carbonyl (C=O) groups is 2. The average molecular weight is 548 g/mol. The summed E-state index contributed by atoms with van der Waals surface area (Å²) in [5, 5.41) is 9.59. The molecule has 0 saturated heterocycles. The van der Waals surface area contributed by atoms with Gasteiger partial charge in [-0.15, -0.1) is 0 Å². The van der Waals surface area contributed by atoms with Crippen molar-refractivity contribution in [3.8, 4) is 5.75 Å². The first-order valence-electron chi connectivity index (χ1n) is 13.1. The lowest BCUT2D eigenvalue weighted by atomic mass is 9.74. The normalized spacial score (nSPS) is 16.3. The molecule has 0 spiro atoms. The van der Waals surface area contributed by atoms with Crippen molar-refractivity contribution >= 4 is 23.5 Å². The number of nitrogens with zero attached hydrogens (tertiary/aromatic N) is 3. The standard InChI is InChI=1S/C30H33N3O7/c1-6-40-29(37)24-23(19-13-11-18(4)12-14-19)25-27(31-26(24)17(2)3)32(15-20-9-7-8-10-21(20)39-5)30(38)33(28(25)36)16-22(34)35/h7-14,17,23-24H,6,15-16H2,1-5H3,(H,34,35). The monoisotopic (exact) mass is 547 g/mol. The lowest BCUT2D eigenvalue weighted by Crippen LogP contribution is -2.48. The lowest BCUT2D eigenvalue weighted by Gasteiger charge is -2.34. The molecule has 3 aromatic rings. The molecule has 0 saturated carbocycles. The topological polar surface area (TPSA) is 129 Å². The van der Waals surface area contributed by atoms with E-state index in [9.17, 15) is 24.3 Å². The number of carboxylic acid groups (broad SMARTS) is 1. The molecule has 10 heteroatoms. The Bertz CT molecular complexity index is 1580. The number of para-hydroxylation sites is 1. The van der Waals surface area contributed by atoms with Crippen LogP contribution in [0.15, 0.2) is 63.1 Å². The van der Waals surface area contributed by atoms with Gasteiger partial charge in [-0.1, -0.05) is 61.9 Å². The Labute approximate surface area is 231 Å². The number of esters is 1. The van der Waals surface area contributed by atoms with Gasteiger partial charge in [0, 0.05) is 17.2 Å². The molecule has 0 radical (unpaired) electrons. The number of hydrogen-bond acceptors (Lipinski definition) is 7. The third-order valence-corrected chi connectivity index (χ3v) is 7.01. The second kappa shape index (κ2) is 11.7. The number of benzene rings is 2. The van der Waals surface area contributed by atoms with Gasteiger partial charge in [0.2, 0.25) is 0 Å². The van der Waals surface area contributed by atoms with Crippen molar-refractivity contribution in [3.05, 3.63) is 91.6 Å². The molecule has 10 nitrogen and oxygen atoms in total. The van der Waals surface area contributed by atoms with E-state index in [2.05, 4.69) is 0 Å². The summed E-state index contributed by atoms with van der Waals surface area (Å²) in [6.45, 7) is 6.64. The van der Waals surface area contributed by atoms with E-state index >= 15 is 0 Å². The third kappa shape index (κ3) is 5.34. The summed E-state index contributed by atoms with van der Waals surface area (Å²) in [5.74, 6) is -3.32. The molecular weight excluding hydrogens is 514 g/mol. The molecule has 2 atom stereocenters. The minimum absolute atomic E-state index is 0.0371. The van der Waals surface area contributed by atoms with Gasteiger partial charge in [-0.25, -0.2) is 14.4 Å². The van der Waals surface area contributed by atoms with E-state index in [4.69, 9.17) is 14.5 Å². The molecular formula is C30H33N3O7.